The smallest absolute Gasteiger partial charge is 0.305 e. The first-order chi connectivity index (χ1) is 27.3. The molecular weight excluding hydrogens is 734 g/mol. The van der Waals surface area contributed by atoms with Gasteiger partial charge in [-0.1, -0.05) is 58.8 Å². The van der Waals surface area contributed by atoms with Gasteiger partial charge in [0.1, 0.15) is 30.2 Å². The molecular formula is C41H71N7O9. The molecule has 3 fully saturated rings. The number of carbonyl (C=O) groups excluding carboxylic acids is 6. The Bertz CT molecular complexity index is 1340. The van der Waals surface area contributed by atoms with Gasteiger partial charge in [0.2, 0.25) is 35.4 Å². The summed E-state index contributed by atoms with van der Waals surface area (Å²) in [5, 5.41) is 30.8. The molecule has 2 saturated heterocycles. The number of nitrogens with one attached hydrogen (secondary N) is 4. The number of rotatable bonds is 23. The third kappa shape index (κ3) is 14.8. The second-order valence-corrected chi connectivity index (χ2v) is 16.3. The summed E-state index contributed by atoms with van der Waals surface area (Å²) >= 11 is 0. The highest BCUT2D eigenvalue weighted by Crippen LogP contribution is 2.35. The van der Waals surface area contributed by atoms with Crippen molar-refractivity contribution in [2.45, 2.75) is 179 Å². The number of carboxylic acid groups (broad SMARTS) is 1. The normalized spacial score (nSPS) is 21.4. The molecule has 1 saturated carbocycles. The van der Waals surface area contributed by atoms with E-state index in [0.29, 0.717) is 76.3 Å². The van der Waals surface area contributed by atoms with Gasteiger partial charge in [0.15, 0.2) is 0 Å². The van der Waals surface area contributed by atoms with Crippen LogP contribution in [-0.2, 0) is 33.6 Å². The first kappa shape index (κ1) is 47.6. The number of piperidine rings is 1. The van der Waals surface area contributed by atoms with Crippen LogP contribution in [0.4, 0.5) is 0 Å². The largest absolute Gasteiger partial charge is 0.481 e. The number of likely N-dealkylation sites (tertiary alicyclic amines) is 2. The second kappa shape index (κ2) is 24.9. The zero-order valence-corrected chi connectivity index (χ0v) is 34.6. The molecule has 1 unspecified atom stereocenters. The molecule has 6 amide bonds. The van der Waals surface area contributed by atoms with Gasteiger partial charge in [-0.3, -0.25) is 33.6 Å². The van der Waals surface area contributed by atoms with E-state index in [2.05, 4.69) is 28.2 Å². The fraction of sp³-hybridized carbons (Fsp3) is 0.829. The predicted molar refractivity (Wildman–Crippen MR) is 214 cm³/mol. The Morgan fingerprint density at radius 1 is 0.719 bits per heavy atom. The van der Waals surface area contributed by atoms with Crippen LogP contribution < -0.4 is 27.0 Å². The van der Waals surface area contributed by atoms with E-state index >= 15 is 0 Å². The number of aliphatic hydroxyl groups excluding tert-OH is 1. The van der Waals surface area contributed by atoms with Crippen molar-refractivity contribution in [2.75, 3.05) is 26.2 Å². The standard InChI is InChI=1S/C41H71N7O9/c1-4-14-28(29-15-7-6-8-16-29)20-21-34(50)44-30(17-9-11-22-42)40(56)47-24-12-10-18-32(47)37(53)45-31(26-35(51)52)41(57)48-25-13-19-33(48)38(54)46-36(27(3)49)39(55)43-23-5-2/h27-33,36,49H,4-26,42H2,1-3H3,(H,43,55)(H,44,50)(H,45,53)(H,46,54)(H,51,52)/t27-,28?,30+,31+,32+,33+,36+/m1/s1. The molecule has 0 radical (unpaired) electrons. The number of hydrogen-bond acceptors (Lipinski definition) is 9. The highest BCUT2D eigenvalue weighted by Gasteiger charge is 2.42. The van der Waals surface area contributed by atoms with E-state index in [4.69, 9.17) is 5.73 Å². The first-order valence-corrected chi connectivity index (χ1v) is 21.7. The minimum Gasteiger partial charge on any atom is -0.481 e. The number of carboxylic acids is 1. The van der Waals surface area contributed by atoms with Gasteiger partial charge in [-0.15, -0.1) is 0 Å². The zero-order chi connectivity index (χ0) is 41.9. The number of aliphatic hydroxyl groups is 1. The van der Waals surface area contributed by atoms with Crippen molar-refractivity contribution < 1.29 is 43.8 Å². The van der Waals surface area contributed by atoms with Gasteiger partial charge < -0.3 is 47.0 Å². The van der Waals surface area contributed by atoms with Crippen molar-refractivity contribution in [1.29, 1.82) is 0 Å². The van der Waals surface area contributed by atoms with Gasteiger partial charge in [0, 0.05) is 26.1 Å². The number of amides is 6. The van der Waals surface area contributed by atoms with Crippen LogP contribution in [0.3, 0.4) is 0 Å². The SMILES string of the molecule is CCCNC(=O)[C@@H](NC(=O)[C@@H]1CCCN1C(=O)[C@H](CC(=O)O)NC(=O)[C@@H]1CCCCN1C(=O)[C@H](CCCCN)NC(=O)CCC(CCC)C1CCCCC1)[C@@H](C)O. The lowest BCUT2D eigenvalue weighted by molar-refractivity contribution is -0.149. The van der Waals surface area contributed by atoms with Crippen molar-refractivity contribution in [3.63, 3.8) is 0 Å². The van der Waals surface area contributed by atoms with E-state index in [-0.39, 0.29) is 31.8 Å². The fourth-order valence-electron chi connectivity index (χ4n) is 8.75. The molecule has 0 bridgehead atoms. The zero-order valence-electron chi connectivity index (χ0n) is 34.6. The highest BCUT2D eigenvalue weighted by atomic mass is 16.4. The van der Waals surface area contributed by atoms with Crippen LogP contribution in [0.1, 0.15) is 143 Å². The summed E-state index contributed by atoms with van der Waals surface area (Å²) in [7, 11) is 0. The Morgan fingerprint density at radius 2 is 1.33 bits per heavy atom. The van der Waals surface area contributed by atoms with Crippen molar-refractivity contribution in [3.05, 3.63) is 0 Å². The molecule has 3 rings (SSSR count). The van der Waals surface area contributed by atoms with Gasteiger partial charge >= 0.3 is 5.97 Å². The first-order valence-electron chi connectivity index (χ1n) is 21.7. The van der Waals surface area contributed by atoms with E-state index in [1.807, 2.05) is 6.92 Å². The van der Waals surface area contributed by atoms with Crippen LogP contribution in [0.15, 0.2) is 0 Å². The number of nitrogens with two attached hydrogens (primary N) is 1. The molecule has 0 aromatic carbocycles. The van der Waals surface area contributed by atoms with Crippen molar-refractivity contribution in [1.82, 2.24) is 31.1 Å². The van der Waals surface area contributed by atoms with Crippen LogP contribution in [-0.4, -0.2) is 124 Å². The molecule has 2 aliphatic heterocycles. The highest BCUT2D eigenvalue weighted by molar-refractivity contribution is 5.98. The van der Waals surface area contributed by atoms with E-state index in [1.165, 1.54) is 48.8 Å². The average molecular weight is 806 g/mol. The van der Waals surface area contributed by atoms with Crippen LogP contribution in [0.25, 0.3) is 0 Å². The van der Waals surface area contributed by atoms with Crippen molar-refractivity contribution >= 4 is 41.4 Å². The maximum absolute atomic E-state index is 14.2. The molecule has 7 atom stereocenters. The van der Waals surface area contributed by atoms with E-state index in [1.54, 1.807) is 0 Å². The Balaban J connectivity index is 1.73. The minimum atomic E-state index is -1.54. The number of nitrogens with zero attached hydrogens (tertiary/aromatic N) is 2. The van der Waals surface area contributed by atoms with Crippen molar-refractivity contribution in [3.8, 4) is 0 Å². The molecule has 0 spiro atoms. The summed E-state index contributed by atoms with van der Waals surface area (Å²) in [4.78, 5) is 96.3. The van der Waals surface area contributed by atoms with Crippen LogP contribution in [0, 0.1) is 11.8 Å². The third-order valence-electron chi connectivity index (χ3n) is 11.8. The topological polar surface area (TPSA) is 241 Å². The van der Waals surface area contributed by atoms with Crippen LogP contribution in [0.5, 0.6) is 0 Å². The van der Waals surface area contributed by atoms with E-state index in [0.717, 1.165) is 19.3 Å². The predicted octanol–water partition coefficient (Wildman–Crippen LogP) is 2.10. The minimum absolute atomic E-state index is 0.113. The molecule has 16 heteroatoms. The number of aliphatic carboxylic acids is 1. The summed E-state index contributed by atoms with van der Waals surface area (Å²) in [6.45, 7) is 6.53. The van der Waals surface area contributed by atoms with E-state index in [9.17, 15) is 43.8 Å². The van der Waals surface area contributed by atoms with Crippen LogP contribution in [0.2, 0.25) is 0 Å². The quantitative estimate of drug-likeness (QED) is 0.0743. The monoisotopic (exact) mass is 806 g/mol. The lowest BCUT2D eigenvalue weighted by Crippen LogP contribution is -2.61. The Morgan fingerprint density at radius 3 is 1.95 bits per heavy atom. The maximum Gasteiger partial charge on any atom is 0.305 e. The fourth-order valence-corrected chi connectivity index (χ4v) is 8.75. The van der Waals surface area contributed by atoms with Crippen molar-refractivity contribution in [2.24, 2.45) is 17.6 Å². The van der Waals surface area contributed by atoms with E-state index < -0.39 is 78.2 Å². The molecule has 57 heavy (non-hydrogen) atoms. The number of hydrogen-bond donors (Lipinski definition) is 7. The molecule has 1 aliphatic carbocycles. The van der Waals surface area contributed by atoms with Crippen LogP contribution >= 0.6 is 0 Å². The number of carbonyl (C=O) groups is 7. The molecule has 8 N–H and O–H groups in total. The summed E-state index contributed by atoms with van der Waals surface area (Å²) in [6.07, 6.45) is 11.7. The average Bonchev–Trinajstić information content (AvgIpc) is 3.70. The summed E-state index contributed by atoms with van der Waals surface area (Å²) in [5.41, 5.74) is 5.76. The lowest BCUT2D eigenvalue weighted by Gasteiger charge is -2.38. The lowest BCUT2D eigenvalue weighted by atomic mass is 9.76. The molecule has 0 aromatic heterocycles. The molecule has 2 heterocycles. The van der Waals surface area contributed by atoms with Gasteiger partial charge in [-0.2, -0.15) is 0 Å². The van der Waals surface area contributed by atoms with Gasteiger partial charge in [0.05, 0.1) is 12.5 Å². The summed E-state index contributed by atoms with van der Waals surface area (Å²) in [6, 6.07) is -5.74. The summed E-state index contributed by atoms with van der Waals surface area (Å²) in [5.74, 6) is -3.58. The number of unbranched alkanes of at least 4 members (excludes halogenated alkanes) is 1. The van der Waals surface area contributed by atoms with Gasteiger partial charge in [-0.25, -0.2) is 0 Å². The Kier molecular flexibility index (Phi) is 20.8. The van der Waals surface area contributed by atoms with Gasteiger partial charge in [0.25, 0.3) is 0 Å². The molecule has 0 aromatic rings. The molecule has 3 aliphatic rings. The molecule has 324 valence electrons. The Labute approximate surface area is 338 Å². The molecule has 16 nitrogen and oxygen atoms in total. The van der Waals surface area contributed by atoms with Gasteiger partial charge in [-0.05, 0) is 89.5 Å². The third-order valence-corrected chi connectivity index (χ3v) is 11.8. The Hall–Kier alpha value is -3.79. The maximum atomic E-state index is 14.2. The summed E-state index contributed by atoms with van der Waals surface area (Å²) < 4.78 is 0. The second-order valence-electron chi connectivity index (χ2n) is 16.3.